The average Bonchev–Trinajstić information content (AvgIpc) is 2.61. The summed E-state index contributed by atoms with van der Waals surface area (Å²) in [5, 5.41) is 15.9. The van der Waals surface area contributed by atoms with Crippen LogP contribution in [-0.2, 0) is 11.0 Å². The van der Waals surface area contributed by atoms with Crippen molar-refractivity contribution in [3.8, 4) is 0 Å². The van der Waals surface area contributed by atoms with Crippen LogP contribution in [0.1, 0.15) is 12.5 Å². The standard InChI is InChI=1S/C18H15F3N6O/c1-11(28)23-14-6-3-7-15(9-14)24-16-10-22-27-17(26-16)25-13-5-2-4-12(8-13)18(19,20)21/h2-10H,1H3,(H,23,28)(H2,24,25,26,27). The number of nitrogens with zero attached hydrogens (tertiary/aromatic N) is 3. The van der Waals surface area contributed by atoms with E-state index in [4.69, 9.17) is 0 Å². The number of halogens is 3. The molecule has 10 heteroatoms. The first-order chi connectivity index (χ1) is 13.3. The van der Waals surface area contributed by atoms with E-state index in [9.17, 15) is 18.0 Å². The Morgan fingerprint density at radius 1 is 0.964 bits per heavy atom. The highest BCUT2D eigenvalue weighted by atomic mass is 19.4. The molecule has 0 aliphatic rings. The molecular weight excluding hydrogens is 373 g/mol. The molecule has 28 heavy (non-hydrogen) atoms. The lowest BCUT2D eigenvalue weighted by molar-refractivity contribution is -0.137. The van der Waals surface area contributed by atoms with E-state index >= 15 is 0 Å². The third-order valence-corrected chi connectivity index (χ3v) is 3.46. The SMILES string of the molecule is CC(=O)Nc1cccc(Nc2cnnc(Nc3cccc(C(F)(F)F)c3)n2)c1. The molecular formula is C18H15F3N6O. The molecule has 3 rings (SSSR count). The summed E-state index contributed by atoms with van der Waals surface area (Å²) in [7, 11) is 0. The molecule has 0 saturated heterocycles. The molecule has 144 valence electrons. The van der Waals surface area contributed by atoms with Gasteiger partial charge in [0.2, 0.25) is 11.9 Å². The number of aromatic nitrogens is 3. The first kappa shape index (κ1) is 19.1. The Hall–Kier alpha value is -3.69. The Balaban J connectivity index is 1.75. The number of nitrogens with one attached hydrogen (secondary N) is 3. The Kier molecular flexibility index (Phi) is 5.39. The molecule has 7 nitrogen and oxygen atoms in total. The zero-order valence-corrected chi connectivity index (χ0v) is 14.6. The van der Waals surface area contributed by atoms with Gasteiger partial charge in [-0.1, -0.05) is 12.1 Å². The van der Waals surface area contributed by atoms with Crippen molar-refractivity contribution in [2.45, 2.75) is 13.1 Å². The lowest BCUT2D eigenvalue weighted by atomic mass is 10.2. The maximum Gasteiger partial charge on any atom is 0.416 e. The van der Waals surface area contributed by atoms with Crippen LogP contribution in [0.2, 0.25) is 0 Å². The zero-order chi connectivity index (χ0) is 20.1. The lowest BCUT2D eigenvalue weighted by Crippen LogP contribution is -2.07. The number of hydrogen-bond acceptors (Lipinski definition) is 6. The summed E-state index contributed by atoms with van der Waals surface area (Å²) in [5.41, 5.74) is 0.634. The highest BCUT2D eigenvalue weighted by molar-refractivity contribution is 5.89. The van der Waals surface area contributed by atoms with Crippen LogP contribution in [0.15, 0.2) is 54.7 Å². The maximum atomic E-state index is 12.8. The molecule has 0 bridgehead atoms. The minimum absolute atomic E-state index is 0.0299. The molecule has 0 unspecified atom stereocenters. The molecule has 3 N–H and O–H groups in total. The summed E-state index contributed by atoms with van der Waals surface area (Å²) in [6, 6.07) is 11.6. The maximum absolute atomic E-state index is 12.8. The largest absolute Gasteiger partial charge is 0.416 e. The van der Waals surface area contributed by atoms with Crippen molar-refractivity contribution in [1.29, 1.82) is 0 Å². The third-order valence-electron chi connectivity index (χ3n) is 3.46. The van der Waals surface area contributed by atoms with Crippen molar-refractivity contribution in [1.82, 2.24) is 15.2 Å². The Morgan fingerprint density at radius 2 is 1.64 bits per heavy atom. The number of alkyl halides is 3. The average molecular weight is 388 g/mol. The van der Waals surface area contributed by atoms with Crippen molar-refractivity contribution in [2.75, 3.05) is 16.0 Å². The predicted octanol–water partition coefficient (Wildman–Crippen LogP) is 4.34. The van der Waals surface area contributed by atoms with Crippen molar-refractivity contribution in [3.63, 3.8) is 0 Å². The Bertz CT molecular complexity index is 993. The molecule has 0 aliphatic carbocycles. The van der Waals surface area contributed by atoms with E-state index < -0.39 is 11.7 Å². The molecule has 1 aromatic heterocycles. The third kappa shape index (κ3) is 5.16. The molecule has 0 fully saturated rings. The van der Waals surface area contributed by atoms with Crippen molar-refractivity contribution in [3.05, 3.63) is 60.3 Å². The van der Waals surface area contributed by atoms with Crippen LogP contribution in [0, 0.1) is 0 Å². The van der Waals surface area contributed by atoms with E-state index in [1.54, 1.807) is 24.3 Å². The van der Waals surface area contributed by atoms with Crippen LogP contribution in [0.5, 0.6) is 0 Å². The summed E-state index contributed by atoms with van der Waals surface area (Å²) in [6.45, 7) is 1.40. The fourth-order valence-electron chi connectivity index (χ4n) is 2.34. The smallest absolute Gasteiger partial charge is 0.339 e. The molecule has 0 radical (unpaired) electrons. The second kappa shape index (κ2) is 7.91. The van der Waals surface area contributed by atoms with Gasteiger partial charge >= 0.3 is 6.18 Å². The van der Waals surface area contributed by atoms with Crippen LogP contribution < -0.4 is 16.0 Å². The molecule has 1 amide bonds. The van der Waals surface area contributed by atoms with Gasteiger partial charge in [-0.3, -0.25) is 4.79 Å². The molecule has 3 aromatic rings. The van der Waals surface area contributed by atoms with Gasteiger partial charge in [-0.05, 0) is 36.4 Å². The lowest BCUT2D eigenvalue weighted by Gasteiger charge is -2.11. The Labute approximate surface area is 158 Å². The van der Waals surface area contributed by atoms with E-state index in [1.807, 2.05) is 0 Å². The highest BCUT2D eigenvalue weighted by Crippen LogP contribution is 2.31. The minimum Gasteiger partial charge on any atom is -0.339 e. The number of anilines is 5. The van der Waals surface area contributed by atoms with Gasteiger partial charge in [0.05, 0.1) is 11.8 Å². The van der Waals surface area contributed by atoms with Crippen LogP contribution in [-0.4, -0.2) is 21.1 Å². The van der Waals surface area contributed by atoms with Crippen LogP contribution in [0.4, 0.5) is 42.0 Å². The number of rotatable bonds is 5. The topological polar surface area (TPSA) is 91.8 Å². The van der Waals surface area contributed by atoms with Gasteiger partial charge in [0, 0.05) is 24.0 Å². The van der Waals surface area contributed by atoms with E-state index in [0.717, 1.165) is 12.1 Å². The zero-order valence-electron chi connectivity index (χ0n) is 14.6. The second-order valence-electron chi connectivity index (χ2n) is 5.76. The summed E-state index contributed by atoms with van der Waals surface area (Å²) < 4.78 is 38.5. The van der Waals surface area contributed by atoms with Crippen LogP contribution in [0.25, 0.3) is 0 Å². The van der Waals surface area contributed by atoms with Gasteiger partial charge in [-0.25, -0.2) is 0 Å². The highest BCUT2D eigenvalue weighted by Gasteiger charge is 2.30. The summed E-state index contributed by atoms with van der Waals surface area (Å²) in [5.74, 6) is 0.153. The van der Waals surface area contributed by atoms with E-state index in [0.29, 0.717) is 17.2 Å². The van der Waals surface area contributed by atoms with Gasteiger partial charge in [-0.15, -0.1) is 5.10 Å². The second-order valence-corrected chi connectivity index (χ2v) is 5.76. The first-order valence-electron chi connectivity index (χ1n) is 8.08. The predicted molar refractivity (Wildman–Crippen MR) is 98.6 cm³/mol. The fourth-order valence-corrected chi connectivity index (χ4v) is 2.34. The van der Waals surface area contributed by atoms with Gasteiger partial charge in [0.1, 0.15) is 0 Å². The van der Waals surface area contributed by atoms with Crippen molar-refractivity contribution in [2.24, 2.45) is 0 Å². The minimum atomic E-state index is -4.45. The molecule has 1 heterocycles. The summed E-state index contributed by atoms with van der Waals surface area (Å²) in [4.78, 5) is 15.3. The quantitative estimate of drug-likeness (QED) is 0.602. The first-order valence-corrected chi connectivity index (χ1v) is 8.08. The number of carbonyl (C=O) groups is 1. The number of hydrogen-bond donors (Lipinski definition) is 3. The van der Waals surface area contributed by atoms with Gasteiger partial charge in [-0.2, -0.15) is 23.3 Å². The van der Waals surface area contributed by atoms with E-state index in [2.05, 4.69) is 31.1 Å². The molecule has 0 spiro atoms. The molecule has 0 saturated carbocycles. The fraction of sp³-hybridized carbons (Fsp3) is 0.111. The van der Waals surface area contributed by atoms with Gasteiger partial charge in [0.25, 0.3) is 0 Å². The molecule has 0 atom stereocenters. The van der Waals surface area contributed by atoms with Gasteiger partial charge in [0.15, 0.2) is 5.82 Å². The van der Waals surface area contributed by atoms with Crippen molar-refractivity contribution < 1.29 is 18.0 Å². The molecule has 2 aromatic carbocycles. The number of benzene rings is 2. The van der Waals surface area contributed by atoms with E-state index in [1.165, 1.54) is 25.3 Å². The normalized spacial score (nSPS) is 11.0. The van der Waals surface area contributed by atoms with Gasteiger partial charge < -0.3 is 16.0 Å². The summed E-state index contributed by atoms with van der Waals surface area (Å²) in [6.07, 6.45) is -3.08. The molecule has 0 aliphatic heterocycles. The monoisotopic (exact) mass is 388 g/mol. The van der Waals surface area contributed by atoms with Crippen molar-refractivity contribution >= 4 is 34.7 Å². The van der Waals surface area contributed by atoms with E-state index in [-0.39, 0.29) is 17.5 Å². The number of amides is 1. The van der Waals surface area contributed by atoms with Crippen LogP contribution >= 0.6 is 0 Å². The summed E-state index contributed by atoms with van der Waals surface area (Å²) >= 11 is 0. The Morgan fingerprint density at radius 3 is 2.36 bits per heavy atom. The van der Waals surface area contributed by atoms with Crippen LogP contribution in [0.3, 0.4) is 0 Å². The number of carbonyl (C=O) groups excluding carboxylic acids is 1.